The van der Waals surface area contributed by atoms with Crippen LogP contribution in [0.1, 0.15) is 41.4 Å². The van der Waals surface area contributed by atoms with Crippen molar-refractivity contribution in [2.24, 2.45) is 0 Å². The summed E-state index contributed by atoms with van der Waals surface area (Å²) in [5, 5.41) is 44.4. The topological polar surface area (TPSA) is 208 Å². The van der Waals surface area contributed by atoms with E-state index in [1.807, 2.05) is 0 Å². The van der Waals surface area contributed by atoms with Gasteiger partial charge in [-0.2, -0.15) is 0 Å². The quantitative estimate of drug-likeness (QED) is 0.0882. The summed E-state index contributed by atoms with van der Waals surface area (Å²) >= 11 is 0. The molecular weight excluding hydrogens is 664 g/mol. The van der Waals surface area contributed by atoms with E-state index >= 15 is 0 Å². The van der Waals surface area contributed by atoms with Gasteiger partial charge in [-0.05, 0) is 70.8 Å². The van der Waals surface area contributed by atoms with Crippen molar-refractivity contribution in [3.63, 3.8) is 0 Å². The number of carbonyl (C=O) groups excluding carboxylic acids is 4. The number of phenolic OH excluding ortho intramolecular Hbond substituents is 4. The number of aromatic hydroxyl groups is 4. The van der Waals surface area contributed by atoms with Gasteiger partial charge in [0, 0.05) is 35.6 Å². The van der Waals surface area contributed by atoms with E-state index in [4.69, 9.17) is 11.5 Å². The summed E-state index contributed by atoms with van der Waals surface area (Å²) in [5.74, 6) is -5.53. The van der Waals surface area contributed by atoms with Crippen molar-refractivity contribution in [3.05, 3.63) is 131 Å². The van der Waals surface area contributed by atoms with Crippen LogP contribution >= 0.6 is 0 Å². The first-order chi connectivity index (χ1) is 24.9. The number of rotatable bonds is 5. The first-order valence-corrected chi connectivity index (χ1v) is 15.8. The Morgan fingerprint density at radius 3 is 0.981 bits per heavy atom. The van der Waals surface area contributed by atoms with Gasteiger partial charge in [0.05, 0.1) is 44.8 Å². The predicted molar refractivity (Wildman–Crippen MR) is 193 cm³/mol. The normalized spacial score (nSPS) is 13.5. The van der Waals surface area contributed by atoms with E-state index in [1.54, 1.807) is 72.8 Å². The van der Waals surface area contributed by atoms with Gasteiger partial charge >= 0.3 is 0 Å². The molecule has 8 rings (SSSR count). The number of nitrogens with zero attached hydrogens (tertiary/aromatic N) is 2. The van der Waals surface area contributed by atoms with Crippen molar-refractivity contribution in [3.8, 4) is 56.4 Å². The summed E-state index contributed by atoms with van der Waals surface area (Å²) in [6, 6.07) is 27.6. The van der Waals surface area contributed by atoms with E-state index < -0.39 is 57.8 Å². The number of hydrogen-bond acceptors (Lipinski definition) is 10. The highest BCUT2D eigenvalue weighted by molar-refractivity contribution is 6.35. The SMILES string of the molecule is Nc1ccc(-c2ccc3c(c2)C(=O)N(c2cc(O)c(-c4c(O)cc(N5C(=O)c6ccc(-c7ccc(N)cc7)cc6C5=O)cc4O)c(O)c2)C3=O)cc1. The zero-order valence-corrected chi connectivity index (χ0v) is 26.9. The summed E-state index contributed by atoms with van der Waals surface area (Å²) in [4.78, 5) is 55.3. The van der Waals surface area contributed by atoms with Crippen LogP contribution in [-0.4, -0.2) is 44.1 Å². The van der Waals surface area contributed by atoms with Crippen molar-refractivity contribution < 1.29 is 39.6 Å². The summed E-state index contributed by atoms with van der Waals surface area (Å²) in [5.41, 5.74) is 14.8. The Labute approximate surface area is 294 Å². The number of benzene rings is 6. The summed E-state index contributed by atoms with van der Waals surface area (Å²) < 4.78 is 0. The molecular formula is C40H26N4O8. The fourth-order valence-corrected chi connectivity index (χ4v) is 6.63. The van der Waals surface area contributed by atoms with Gasteiger partial charge in [-0.25, -0.2) is 9.80 Å². The van der Waals surface area contributed by atoms with Gasteiger partial charge in [0.1, 0.15) is 23.0 Å². The van der Waals surface area contributed by atoms with Crippen LogP contribution in [0.3, 0.4) is 0 Å². The fraction of sp³-hybridized carbons (Fsp3) is 0. The smallest absolute Gasteiger partial charge is 0.266 e. The van der Waals surface area contributed by atoms with Crippen LogP contribution in [-0.2, 0) is 0 Å². The molecule has 6 aromatic rings. The Balaban J connectivity index is 1.10. The minimum Gasteiger partial charge on any atom is -0.507 e. The van der Waals surface area contributed by atoms with Crippen LogP contribution < -0.4 is 21.3 Å². The second-order valence-electron chi connectivity index (χ2n) is 12.4. The third-order valence-electron chi connectivity index (χ3n) is 9.19. The Hall–Kier alpha value is -7.60. The third kappa shape index (κ3) is 4.85. The molecule has 254 valence electrons. The molecule has 0 bridgehead atoms. The molecule has 0 aliphatic carbocycles. The van der Waals surface area contributed by atoms with E-state index in [0.29, 0.717) is 22.5 Å². The number of fused-ring (bicyclic) bond motifs is 2. The molecule has 2 aliphatic rings. The van der Waals surface area contributed by atoms with Crippen LogP contribution in [0.25, 0.3) is 33.4 Å². The minimum atomic E-state index is -0.694. The van der Waals surface area contributed by atoms with Crippen LogP contribution in [0.4, 0.5) is 22.7 Å². The molecule has 0 spiro atoms. The molecule has 52 heavy (non-hydrogen) atoms. The average molecular weight is 691 g/mol. The number of phenols is 4. The lowest BCUT2D eigenvalue weighted by Crippen LogP contribution is -2.29. The van der Waals surface area contributed by atoms with Gasteiger partial charge in [0.25, 0.3) is 23.6 Å². The minimum absolute atomic E-state index is 0.114. The lowest BCUT2D eigenvalue weighted by atomic mass is 9.99. The maximum absolute atomic E-state index is 13.5. The molecule has 4 amide bonds. The van der Waals surface area contributed by atoms with Crippen molar-refractivity contribution in [1.29, 1.82) is 0 Å². The van der Waals surface area contributed by atoms with E-state index in [-0.39, 0.29) is 33.6 Å². The van der Waals surface area contributed by atoms with Gasteiger partial charge in [0.15, 0.2) is 0 Å². The molecule has 0 radical (unpaired) electrons. The first kappa shape index (κ1) is 31.7. The highest BCUT2D eigenvalue weighted by Crippen LogP contribution is 2.50. The molecule has 12 heteroatoms. The molecule has 12 nitrogen and oxygen atoms in total. The van der Waals surface area contributed by atoms with Crippen molar-refractivity contribution >= 4 is 46.4 Å². The van der Waals surface area contributed by atoms with Crippen LogP contribution in [0.5, 0.6) is 23.0 Å². The summed E-state index contributed by atoms with van der Waals surface area (Å²) in [6.45, 7) is 0. The fourth-order valence-electron chi connectivity index (χ4n) is 6.63. The molecule has 0 unspecified atom stereocenters. The number of nitrogens with two attached hydrogens (primary N) is 2. The van der Waals surface area contributed by atoms with Crippen molar-refractivity contribution in [2.45, 2.75) is 0 Å². The monoisotopic (exact) mass is 690 g/mol. The van der Waals surface area contributed by atoms with Gasteiger partial charge in [-0.15, -0.1) is 0 Å². The van der Waals surface area contributed by atoms with Crippen LogP contribution in [0, 0.1) is 0 Å². The second kappa shape index (κ2) is 11.5. The van der Waals surface area contributed by atoms with Crippen molar-refractivity contribution in [1.82, 2.24) is 0 Å². The lowest BCUT2D eigenvalue weighted by molar-refractivity contribution is 0.0910. The third-order valence-corrected chi connectivity index (χ3v) is 9.19. The van der Waals surface area contributed by atoms with E-state index in [0.717, 1.165) is 45.2 Å². The Morgan fingerprint density at radius 2 is 0.654 bits per heavy atom. The predicted octanol–water partition coefficient (Wildman–Crippen LogP) is 6.28. The van der Waals surface area contributed by atoms with E-state index in [2.05, 4.69) is 0 Å². The van der Waals surface area contributed by atoms with E-state index in [1.165, 1.54) is 12.1 Å². The number of hydrogen-bond donors (Lipinski definition) is 6. The van der Waals surface area contributed by atoms with Gasteiger partial charge in [-0.3, -0.25) is 19.2 Å². The molecule has 0 aromatic heterocycles. The highest BCUT2D eigenvalue weighted by atomic mass is 16.3. The molecule has 6 aromatic carbocycles. The Morgan fingerprint density at radius 1 is 0.365 bits per heavy atom. The number of carbonyl (C=O) groups is 4. The number of amides is 4. The number of nitrogen functional groups attached to an aromatic ring is 2. The van der Waals surface area contributed by atoms with Crippen LogP contribution in [0.15, 0.2) is 109 Å². The number of imide groups is 2. The lowest BCUT2D eigenvalue weighted by Gasteiger charge is -2.19. The summed E-state index contributed by atoms with van der Waals surface area (Å²) in [7, 11) is 0. The molecule has 0 saturated heterocycles. The van der Waals surface area contributed by atoms with Crippen LogP contribution in [0.2, 0.25) is 0 Å². The maximum atomic E-state index is 13.5. The largest absolute Gasteiger partial charge is 0.507 e. The first-order valence-electron chi connectivity index (χ1n) is 15.8. The maximum Gasteiger partial charge on any atom is 0.266 e. The molecule has 0 atom stereocenters. The number of anilines is 4. The zero-order chi connectivity index (χ0) is 36.6. The average Bonchev–Trinajstić information content (AvgIpc) is 3.52. The second-order valence-corrected chi connectivity index (χ2v) is 12.4. The van der Waals surface area contributed by atoms with Gasteiger partial charge in [0.2, 0.25) is 0 Å². The van der Waals surface area contributed by atoms with Crippen molar-refractivity contribution in [2.75, 3.05) is 21.3 Å². The molecule has 8 N–H and O–H groups in total. The molecule has 0 saturated carbocycles. The molecule has 2 aliphatic heterocycles. The Kier molecular flexibility index (Phi) is 7.00. The van der Waals surface area contributed by atoms with Gasteiger partial charge in [-0.1, -0.05) is 36.4 Å². The standard InChI is InChI=1S/C40H26N4O8/c41-23-7-1-19(2-8-23)21-5-11-27-29(13-21)39(51)43(37(27)49)25-15-31(45)35(32(46)16-25)36-33(47)17-26(18-34(36)48)44-38(50)28-12-6-22(14-30(28)40(44)52)20-3-9-24(42)10-4-20/h1-18,45-48H,41-42H2. The van der Waals surface area contributed by atoms with E-state index in [9.17, 15) is 39.6 Å². The summed E-state index contributed by atoms with van der Waals surface area (Å²) in [6.07, 6.45) is 0. The zero-order valence-electron chi connectivity index (χ0n) is 26.9. The molecule has 2 heterocycles. The van der Waals surface area contributed by atoms with Gasteiger partial charge < -0.3 is 31.9 Å². The Bertz CT molecular complexity index is 2340. The highest BCUT2D eigenvalue weighted by Gasteiger charge is 2.39. The molecule has 0 fully saturated rings.